The van der Waals surface area contributed by atoms with E-state index in [4.69, 9.17) is 19.5 Å². The third-order valence-corrected chi connectivity index (χ3v) is 6.92. The van der Waals surface area contributed by atoms with Gasteiger partial charge in [0.25, 0.3) is 0 Å². The van der Waals surface area contributed by atoms with Gasteiger partial charge in [0.15, 0.2) is 0 Å². The van der Waals surface area contributed by atoms with Gasteiger partial charge in [-0.05, 0) is 82.4 Å². The number of pyridine rings is 1. The predicted molar refractivity (Wildman–Crippen MR) is 160 cm³/mol. The standard InChI is InChI=1S/C31H37N5O3.ClH/c1-5-38-34-24-17-15-22(16-18-24)20-35(27-14-8-10-23-11-9-19-32-29(23)27)21-28-33-25-12-6-7-13-26(25)36(28)30(37)39-31(2,3)4;/h6-7,9,11-13,15-17,19,27H,5,8,10,14,18,20-21H2,1-4H3;1H. The molecule has 2 heterocycles. The third kappa shape index (κ3) is 6.80. The molecule has 0 amide bonds. The van der Waals surface area contributed by atoms with Crippen molar-refractivity contribution in [2.75, 3.05) is 13.2 Å². The number of halogens is 1. The van der Waals surface area contributed by atoms with Crippen molar-refractivity contribution < 1.29 is 14.4 Å². The van der Waals surface area contributed by atoms with Crippen LogP contribution >= 0.6 is 12.4 Å². The Labute approximate surface area is 242 Å². The van der Waals surface area contributed by atoms with E-state index in [0.717, 1.165) is 48.1 Å². The second kappa shape index (κ2) is 12.8. The van der Waals surface area contributed by atoms with Gasteiger partial charge < -0.3 is 9.57 Å². The summed E-state index contributed by atoms with van der Waals surface area (Å²) >= 11 is 0. The van der Waals surface area contributed by atoms with Gasteiger partial charge in [-0.15, -0.1) is 12.4 Å². The largest absolute Gasteiger partial charge is 0.443 e. The predicted octanol–water partition coefficient (Wildman–Crippen LogP) is 6.79. The lowest BCUT2D eigenvalue weighted by Crippen LogP contribution is -2.35. The fraction of sp³-hybridized carbons (Fsp3) is 0.419. The number of para-hydroxylation sites is 2. The Morgan fingerprint density at radius 1 is 1.15 bits per heavy atom. The van der Waals surface area contributed by atoms with Gasteiger partial charge in [-0.3, -0.25) is 9.88 Å². The Hall–Kier alpha value is -3.49. The highest BCUT2D eigenvalue weighted by molar-refractivity contribution is 5.97. The van der Waals surface area contributed by atoms with Crippen molar-refractivity contribution in [1.29, 1.82) is 0 Å². The number of hydrogen-bond donors (Lipinski definition) is 0. The zero-order valence-corrected chi connectivity index (χ0v) is 24.5. The Kier molecular flexibility index (Phi) is 9.43. The minimum atomic E-state index is -0.621. The number of rotatable bonds is 7. The van der Waals surface area contributed by atoms with Gasteiger partial charge in [-0.25, -0.2) is 14.3 Å². The third-order valence-electron chi connectivity index (χ3n) is 6.92. The zero-order chi connectivity index (χ0) is 27.4. The molecular weight excluding hydrogens is 526 g/mol. The number of carbonyl (C=O) groups is 1. The second-order valence-electron chi connectivity index (χ2n) is 11.0. The second-order valence-corrected chi connectivity index (χ2v) is 11.0. The van der Waals surface area contributed by atoms with Crippen LogP contribution in [0.1, 0.15) is 70.1 Å². The minimum absolute atomic E-state index is 0. The Bertz CT molecular complexity index is 1440. The average Bonchev–Trinajstić information content (AvgIpc) is 3.29. The zero-order valence-electron chi connectivity index (χ0n) is 23.7. The number of carbonyl (C=O) groups excluding carboxylic acids is 1. The maximum Gasteiger partial charge on any atom is 0.420 e. The average molecular weight is 564 g/mol. The first-order valence-electron chi connectivity index (χ1n) is 13.8. The molecule has 0 saturated carbocycles. The number of imidazole rings is 1. The van der Waals surface area contributed by atoms with E-state index in [9.17, 15) is 4.79 Å². The highest BCUT2D eigenvalue weighted by Gasteiger charge is 2.31. The summed E-state index contributed by atoms with van der Waals surface area (Å²) in [6.45, 7) is 9.28. The molecule has 0 spiro atoms. The number of nitrogens with zero attached hydrogens (tertiary/aromatic N) is 5. The molecule has 0 N–H and O–H groups in total. The number of hydrogen-bond acceptors (Lipinski definition) is 7. The number of aryl methyl sites for hydroxylation is 1. The number of oxime groups is 1. The highest BCUT2D eigenvalue weighted by Crippen LogP contribution is 2.35. The van der Waals surface area contributed by atoms with E-state index in [-0.39, 0.29) is 18.4 Å². The lowest BCUT2D eigenvalue weighted by atomic mass is 9.90. The van der Waals surface area contributed by atoms with Crippen LogP contribution in [0.25, 0.3) is 11.0 Å². The SMILES string of the molecule is CCON=C1C=CC(CN(Cc2nc3ccccc3n2C(=O)OC(C)(C)C)C2CCCc3cccnc32)=CC1.Cl. The first-order valence-corrected chi connectivity index (χ1v) is 13.8. The molecule has 0 bridgehead atoms. The van der Waals surface area contributed by atoms with E-state index < -0.39 is 11.7 Å². The minimum Gasteiger partial charge on any atom is -0.443 e. The molecule has 3 aromatic rings. The monoisotopic (exact) mass is 563 g/mol. The first kappa shape index (κ1) is 29.5. The topological polar surface area (TPSA) is 81.8 Å². The van der Waals surface area contributed by atoms with Gasteiger partial charge in [0, 0.05) is 19.2 Å². The van der Waals surface area contributed by atoms with E-state index in [1.54, 1.807) is 4.57 Å². The lowest BCUT2D eigenvalue weighted by Gasteiger charge is -2.35. The van der Waals surface area contributed by atoms with Gasteiger partial charge >= 0.3 is 6.09 Å². The van der Waals surface area contributed by atoms with Gasteiger partial charge in [0.1, 0.15) is 18.0 Å². The quantitative estimate of drug-likeness (QED) is 0.294. The van der Waals surface area contributed by atoms with Crippen molar-refractivity contribution in [3.8, 4) is 0 Å². The number of benzene rings is 1. The molecule has 0 saturated heterocycles. The Morgan fingerprint density at radius 2 is 1.98 bits per heavy atom. The molecule has 0 radical (unpaired) electrons. The molecule has 5 rings (SSSR count). The molecule has 8 nitrogen and oxygen atoms in total. The van der Waals surface area contributed by atoms with E-state index in [0.29, 0.717) is 25.5 Å². The molecule has 40 heavy (non-hydrogen) atoms. The molecular formula is C31H38ClN5O3. The van der Waals surface area contributed by atoms with Crippen LogP contribution in [0.4, 0.5) is 4.79 Å². The first-order chi connectivity index (χ1) is 18.8. The van der Waals surface area contributed by atoms with Gasteiger partial charge in [-0.2, -0.15) is 0 Å². The summed E-state index contributed by atoms with van der Waals surface area (Å²) < 4.78 is 7.45. The van der Waals surface area contributed by atoms with Crippen LogP contribution in [-0.2, 0) is 22.5 Å². The summed E-state index contributed by atoms with van der Waals surface area (Å²) in [5, 5.41) is 4.18. The van der Waals surface area contributed by atoms with E-state index in [1.807, 2.05) is 70.3 Å². The van der Waals surface area contributed by atoms with Crippen molar-refractivity contribution in [1.82, 2.24) is 19.4 Å². The van der Waals surface area contributed by atoms with Gasteiger partial charge in [0.2, 0.25) is 0 Å². The van der Waals surface area contributed by atoms with Crippen molar-refractivity contribution >= 4 is 35.2 Å². The Balaban J connectivity index is 0.00000370. The lowest BCUT2D eigenvalue weighted by molar-refractivity contribution is 0.0532. The maximum absolute atomic E-state index is 13.4. The van der Waals surface area contributed by atoms with E-state index in [2.05, 4.69) is 28.3 Å². The van der Waals surface area contributed by atoms with Crippen LogP contribution in [0.2, 0.25) is 0 Å². The molecule has 2 aliphatic carbocycles. The van der Waals surface area contributed by atoms with Crippen LogP contribution < -0.4 is 0 Å². The molecule has 1 atom stereocenters. The fourth-order valence-electron chi connectivity index (χ4n) is 5.23. The normalized spacial score (nSPS) is 17.9. The van der Waals surface area contributed by atoms with E-state index in [1.165, 1.54) is 11.1 Å². The summed E-state index contributed by atoms with van der Waals surface area (Å²) in [5.41, 5.74) is 5.40. The van der Waals surface area contributed by atoms with Crippen molar-refractivity contribution in [2.24, 2.45) is 5.16 Å². The summed E-state index contributed by atoms with van der Waals surface area (Å²) in [5.74, 6) is 0.660. The number of ether oxygens (including phenoxy) is 1. The fourth-order valence-corrected chi connectivity index (χ4v) is 5.23. The van der Waals surface area contributed by atoms with Gasteiger partial charge in [0.05, 0.1) is 35.0 Å². The Morgan fingerprint density at radius 3 is 2.73 bits per heavy atom. The van der Waals surface area contributed by atoms with Crippen molar-refractivity contribution in [3.63, 3.8) is 0 Å². The van der Waals surface area contributed by atoms with Crippen LogP contribution in [0.15, 0.2) is 71.6 Å². The van der Waals surface area contributed by atoms with Crippen LogP contribution in [0.3, 0.4) is 0 Å². The number of aromatic nitrogens is 3. The molecule has 1 aromatic carbocycles. The molecule has 2 aliphatic rings. The van der Waals surface area contributed by atoms with E-state index >= 15 is 0 Å². The number of fused-ring (bicyclic) bond motifs is 2. The number of allylic oxidation sites excluding steroid dienone is 2. The summed E-state index contributed by atoms with van der Waals surface area (Å²) in [4.78, 5) is 30.8. The molecule has 0 aliphatic heterocycles. The molecule has 0 fully saturated rings. The molecule has 9 heteroatoms. The van der Waals surface area contributed by atoms with Crippen LogP contribution in [0, 0.1) is 0 Å². The highest BCUT2D eigenvalue weighted by atomic mass is 35.5. The van der Waals surface area contributed by atoms with Crippen molar-refractivity contribution in [3.05, 3.63) is 83.5 Å². The molecule has 2 aromatic heterocycles. The molecule has 1 unspecified atom stereocenters. The smallest absolute Gasteiger partial charge is 0.420 e. The summed E-state index contributed by atoms with van der Waals surface area (Å²) in [7, 11) is 0. The van der Waals surface area contributed by atoms with Crippen LogP contribution in [0.5, 0.6) is 0 Å². The molecule has 212 valence electrons. The van der Waals surface area contributed by atoms with Crippen molar-refractivity contribution in [2.45, 2.75) is 71.6 Å². The maximum atomic E-state index is 13.4. The summed E-state index contributed by atoms with van der Waals surface area (Å²) in [6, 6.07) is 12.0. The van der Waals surface area contributed by atoms with Crippen LogP contribution in [-0.4, -0.2) is 50.0 Å². The summed E-state index contributed by atoms with van der Waals surface area (Å²) in [6.07, 6.45) is 11.6. The van der Waals surface area contributed by atoms with Gasteiger partial charge in [-0.1, -0.05) is 35.5 Å².